The molecule has 0 saturated heterocycles. The molecule has 5 nitrogen and oxygen atoms in total. The maximum Gasteiger partial charge on any atom is 0.210 e. The van der Waals surface area contributed by atoms with Crippen LogP contribution in [0.1, 0.15) is 19.8 Å². The van der Waals surface area contributed by atoms with E-state index in [2.05, 4.69) is 22.3 Å². The lowest BCUT2D eigenvalue weighted by Gasteiger charge is -1.94. The zero-order chi connectivity index (χ0) is 11.4. The monoisotopic (exact) mass is 218 g/mol. The minimum absolute atomic E-state index is 0.687. The molecule has 0 saturated carbocycles. The van der Waals surface area contributed by atoms with Gasteiger partial charge in [0.25, 0.3) is 0 Å². The molecular formula is C11H16N5+. The zero-order valence-corrected chi connectivity index (χ0v) is 9.67. The highest BCUT2D eigenvalue weighted by atomic mass is 15.6. The number of pyridine rings is 1. The van der Waals surface area contributed by atoms with Gasteiger partial charge < -0.3 is 0 Å². The van der Waals surface area contributed by atoms with Gasteiger partial charge in [-0.1, -0.05) is 13.3 Å². The van der Waals surface area contributed by atoms with E-state index in [1.807, 2.05) is 36.1 Å². The van der Waals surface area contributed by atoms with Crippen molar-refractivity contribution in [3.63, 3.8) is 0 Å². The highest BCUT2D eigenvalue weighted by molar-refractivity contribution is 5.50. The predicted octanol–water partition coefficient (Wildman–Crippen LogP) is 0.965. The van der Waals surface area contributed by atoms with Gasteiger partial charge in [-0.05, 0) is 17.7 Å². The van der Waals surface area contributed by atoms with E-state index in [-0.39, 0.29) is 0 Å². The van der Waals surface area contributed by atoms with E-state index in [1.54, 1.807) is 4.80 Å². The number of hydrogen-bond donors (Lipinski definition) is 0. The van der Waals surface area contributed by atoms with E-state index in [9.17, 15) is 0 Å². The normalized spacial score (nSPS) is 10.6. The van der Waals surface area contributed by atoms with Gasteiger partial charge in [0.1, 0.15) is 7.05 Å². The van der Waals surface area contributed by atoms with Crippen LogP contribution in [-0.4, -0.2) is 20.2 Å². The molecule has 0 aromatic carbocycles. The van der Waals surface area contributed by atoms with E-state index < -0.39 is 0 Å². The van der Waals surface area contributed by atoms with Crippen LogP contribution in [0.15, 0.2) is 24.5 Å². The second kappa shape index (κ2) is 4.83. The van der Waals surface area contributed by atoms with Crippen molar-refractivity contribution in [1.82, 2.24) is 20.2 Å². The lowest BCUT2D eigenvalue weighted by molar-refractivity contribution is -0.671. The van der Waals surface area contributed by atoms with Crippen molar-refractivity contribution in [2.45, 2.75) is 26.3 Å². The molecule has 0 aliphatic heterocycles. The third kappa shape index (κ3) is 2.42. The van der Waals surface area contributed by atoms with E-state index in [1.165, 1.54) is 0 Å². The second-order valence-electron chi connectivity index (χ2n) is 3.82. The van der Waals surface area contributed by atoms with Crippen molar-refractivity contribution in [1.29, 1.82) is 0 Å². The highest BCUT2D eigenvalue weighted by Crippen LogP contribution is 2.09. The van der Waals surface area contributed by atoms with Crippen molar-refractivity contribution in [3.05, 3.63) is 24.5 Å². The van der Waals surface area contributed by atoms with Gasteiger partial charge in [-0.3, -0.25) is 0 Å². The Kier molecular flexibility index (Phi) is 3.24. The SMILES string of the molecule is CCCCn1nnc(-c2ccc[n+](C)c2)n1. The van der Waals surface area contributed by atoms with Gasteiger partial charge in [0.2, 0.25) is 5.82 Å². The van der Waals surface area contributed by atoms with Crippen molar-refractivity contribution in [2.24, 2.45) is 7.05 Å². The third-order valence-electron chi connectivity index (χ3n) is 2.36. The van der Waals surface area contributed by atoms with Gasteiger partial charge in [-0.25, -0.2) is 4.57 Å². The molecule has 0 N–H and O–H groups in total. The minimum atomic E-state index is 0.687. The molecule has 2 heterocycles. The first kappa shape index (κ1) is 10.7. The molecule has 0 aliphatic carbocycles. The molecule has 0 radical (unpaired) electrons. The highest BCUT2D eigenvalue weighted by Gasteiger charge is 2.08. The Balaban J connectivity index is 2.18. The Morgan fingerprint density at radius 2 is 2.31 bits per heavy atom. The molecular weight excluding hydrogens is 202 g/mol. The van der Waals surface area contributed by atoms with Crippen molar-refractivity contribution < 1.29 is 4.57 Å². The molecule has 2 aromatic rings. The average molecular weight is 218 g/mol. The zero-order valence-electron chi connectivity index (χ0n) is 9.67. The van der Waals surface area contributed by atoms with Crippen LogP contribution in [0.3, 0.4) is 0 Å². The maximum absolute atomic E-state index is 4.34. The smallest absolute Gasteiger partial charge is 0.207 e. The number of hydrogen-bond acceptors (Lipinski definition) is 3. The Labute approximate surface area is 94.7 Å². The lowest BCUT2D eigenvalue weighted by Crippen LogP contribution is -2.26. The molecule has 0 spiro atoms. The number of aromatic nitrogens is 5. The van der Waals surface area contributed by atoms with E-state index in [0.717, 1.165) is 24.9 Å². The molecule has 2 rings (SSSR count). The first-order chi connectivity index (χ1) is 7.79. The Bertz CT molecular complexity index is 463. The van der Waals surface area contributed by atoms with Crippen LogP contribution < -0.4 is 4.57 Å². The predicted molar refractivity (Wildman–Crippen MR) is 59.3 cm³/mol. The number of rotatable bonds is 4. The van der Waals surface area contributed by atoms with Crippen LogP contribution in [-0.2, 0) is 13.6 Å². The molecule has 2 aromatic heterocycles. The molecule has 0 unspecified atom stereocenters. The van der Waals surface area contributed by atoms with Crippen LogP contribution in [0.25, 0.3) is 11.4 Å². The fourth-order valence-corrected chi connectivity index (χ4v) is 1.47. The summed E-state index contributed by atoms with van der Waals surface area (Å²) in [7, 11) is 1.98. The topological polar surface area (TPSA) is 47.5 Å². The van der Waals surface area contributed by atoms with E-state index in [4.69, 9.17) is 0 Å². The molecule has 16 heavy (non-hydrogen) atoms. The standard InChI is InChI=1S/C11H16N5/c1-3-4-8-16-13-11(12-14-16)10-6-5-7-15(2)9-10/h5-7,9H,3-4,8H2,1-2H3/q+1. The second-order valence-corrected chi connectivity index (χ2v) is 3.82. The number of tetrazole rings is 1. The van der Waals surface area contributed by atoms with E-state index >= 15 is 0 Å². The summed E-state index contributed by atoms with van der Waals surface area (Å²) in [6.45, 7) is 2.98. The van der Waals surface area contributed by atoms with Gasteiger partial charge >= 0.3 is 0 Å². The number of unbranched alkanes of at least 4 members (excludes halogenated alkanes) is 1. The first-order valence-corrected chi connectivity index (χ1v) is 5.53. The van der Waals surface area contributed by atoms with Gasteiger partial charge in [-0.2, -0.15) is 4.80 Å². The molecule has 84 valence electrons. The Hall–Kier alpha value is -1.78. The van der Waals surface area contributed by atoms with Gasteiger partial charge in [0, 0.05) is 6.07 Å². The summed E-state index contributed by atoms with van der Waals surface area (Å²) in [5, 5.41) is 12.4. The van der Waals surface area contributed by atoms with Crippen molar-refractivity contribution in [2.75, 3.05) is 0 Å². The van der Waals surface area contributed by atoms with Crippen LogP contribution in [0.2, 0.25) is 0 Å². The summed E-state index contributed by atoms with van der Waals surface area (Å²) in [5.74, 6) is 0.687. The summed E-state index contributed by atoms with van der Waals surface area (Å²) in [4.78, 5) is 1.66. The third-order valence-corrected chi connectivity index (χ3v) is 2.36. The quantitative estimate of drug-likeness (QED) is 0.718. The lowest BCUT2D eigenvalue weighted by atomic mass is 10.3. The molecule has 5 heteroatoms. The summed E-state index contributed by atoms with van der Waals surface area (Å²) in [6, 6.07) is 3.96. The largest absolute Gasteiger partial charge is 0.210 e. The van der Waals surface area contributed by atoms with Gasteiger partial charge in [-0.15, -0.1) is 10.2 Å². The number of aryl methyl sites for hydroxylation is 2. The minimum Gasteiger partial charge on any atom is -0.207 e. The fourth-order valence-electron chi connectivity index (χ4n) is 1.47. The van der Waals surface area contributed by atoms with Crippen molar-refractivity contribution in [3.8, 4) is 11.4 Å². The molecule has 0 fully saturated rings. The molecule has 0 amide bonds. The fraction of sp³-hybridized carbons (Fsp3) is 0.455. The number of nitrogens with zero attached hydrogens (tertiary/aromatic N) is 5. The summed E-state index contributed by atoms with van der Waals surface area (Å²) >= 11 is 0. The van der Waals surface area contributed by atoms with Crippen molar-refractivity contribution >= 4 is 0 Å². The van der Waals surface area contributed by atoms with Crippen LogP contribution in [0.4, 0.5) is 0 Å². The van der Waals surface area contributed by atoms with E-state index in [0.29, 0.717) is 5.82 Å². The maximum atomic E-state index is 4.34. The average Bonchev–Trinajstić information content (AvgIpc) is 2.75. The summed E-state index contributed by atoms with van der Waals surface area (Å²) in [5.41, 5.74) is 0.993. The Morgan fingerprint density at radius 3 is 3.06 bits per heavy atom. The van der Waals surface area contributed by atoms with Crippen LogP contribution in [0, 0.1) is 0 Å². The first-order valence-electron chi connectivity index (χ1n) is 5.53. The molecule has 0 atom stereocenters. The van der Waals surface area contributed by atoms with Gasteiger partial charge in [0.15, 0.2) is 12.4 Å². The Morgan fingerprint density at radius 1 is 1.44 bits per heavy atom. The van der Waals surface area contributed by atoms with Crippen LogP contribution in [0.5, 0.6) is 0 Å². The van der Waals surface area contributed by atoms with Crippen LogP contribution >= 0.6 is 0 Å². The molecule has 0 aliphatic rings. The summed E-state index contributed by atoms with van der Waals surface area (Å²) < 4.78 is 1.97. The molecule has 0 bridgehead atoms. The summed E-state index contributed by atoms with van der Waals surface area (Å²) in [6.07, 6.45) is 6.18. The van der Waals surface area contributed by atoms with Gasteiger partial charge in [0.05, 0.1) is 12.1 Å².